The number of aryl methyl sites for hydroxylation is 3. The molecule has 0 radical (unpaired) electrons. The van der Waals surface area contributed by atoms with Gasteiger partial charge in [0.1, 0.15) is 5.51 Å². The van der Waals surface area contributed by atoms with Crippen LogP contribution >= 0.6 is 11.3 Å². The van der Waals surface area contributed by atoms with Crippen LogP contribution in [-0.4, -0.2) is 41.9 Å². The molecule has 3 rings (SSSR count). The minimum Gasteiger partial charge on any atom is -0.300 e. The van der Waals surface area contributed by atoms with Crippen LogP contribution < -0.4 is 5.32 Å². The lowest BCUT2D eigenvalue weighted by Crippen LogP contribution is -2.41. The summed E-state index contributed by atoms with van der Waals surface area (Å²) in [7, 11) is -3.56. The molecule has 7 nitrogen and oxygen atoms in total. The Labute approximate surface area is 157 Å². The number of hydrogen-bond acceptors (Lipinski definition) is 6. The summed E-state index contributed by atoms with van der Waals surface area (Å²) in [6.07, 6.45) is 0.988. The SMILES string of the molecule is Cc1cc(C)c(S(=O)(=O)N2CCC(C(=O)Nc3nncs3)CC2)c(C)c1. The minimum atomic E-state index is -3.56. The number of nitrogens with one attached hydrogen (secondary N) is 1. The van der Waals surface area contributed by atoms with E-state index in [-0.39, 0.29) is 11.8 Å². The highest BCUT2D eigenvalue weighted by atomic mass is 32.2. The molecule has 140 valence electrons. The van der Waals surface area contributed by atoms with Gasteiger partial charge in [-0.3, -0.25) is 4.79 Å². The van der Waals surface area contributed by atoms with E-state index >= 15 is 0 Å². The molecule has 1 aromatic carbocycles. The van der Waals surface area contributed by atoms with Crippen LogP contribution in [0.4, 0.5) is 5.13 Å². The molecule has 2 heterocycles. The van der Waals surface area contributed by atoms with Crippen LogP contribution in [0, 0.1) is 26.7 Å². The van der Waals surface area contributed by atoms with E-state index in [1.54, 1.807) is 5.51 Å². The van der Waals surface area contributed by atoms with Gasteiger partial charge in [-0.05, 0) is 44.7 Å². The molecule has 1 saturated heterocycles. The average Bonchev–Trinajstić information content (AvgIpc) is 3.06. The third-order valence-corrected chi connectivity index (χ3v) is 7.43. The highest BCUT2D eigenvalue weighted by Gasteiger charge is 2.33. The van der Waals surface area contributed by atoms with Gasteiger partial charge in [-0.2, -0.15) is 4.31 Å². The molecular weight excluding hydrogens is 372 g/mol. The Morgan fingerprint density at radius 3 is 2.35 bits per heavy atom. The van der Waals surface area contributed by atoms with Gasteiger partial charge >= 0.3 is 0 Å². The Balaban J connectivity index is 1.70. The van der Waals surface area contributed by atoms with Crippen molar-refractivity contribution in [3.05, 3.63) is 34.3 Å². The second kappa shape index (κ2) is 7.42. The summed E-state index contributed by atoms with van der Waals surface area (Å²) in [5.74, 6) is -0.341. The van der Waals surface area contributed by atoms with Crippen LogP contribution in [0.2, 0.25) is 0 Å². The fourth-order valence-electron chi connectivity index (χ4n) is 3.50. The zero-order chi connectivity index (χ0) is 18.9. The number of amides is 1. The summed E-state index contributed by atoms with van der Waals surface area (Å²) in [4.78, 5) is 12.7. The monoisotopic (exact) mass is 394 g/mol. The maximum atomic E-state index is 13.1. The average molecular weight is 395 g/mol. The van der Waals surface area contributed by atoms with Gasteiger partial charge in [0.25, 0.3) is 0 Å². The molecule has 1 N–H and O–H groups in total. The molecule has 0 spiro atoms. The summed E-state index contributed by atoms with van der Waals surface area (Å²) < 4.78 is 27.7. The summed E-state index contributed by atoms with van der Waals surface area (Å²) in [6, 6.07) is 3.78. The number of benzene rings is 1. The van der Waals surface area contributed by atoms with Gasteiger partial charge in [-0.15, -0.1) is 10.2 Å². The Morgan fingerprint density at radius 1 is 1.19 bits per heavy atom. The van der Waals surface area contributed by atoms with E-state index in [0.717, 1.165) is 16.7 Å². The number of anilines is 1. The fourth-order valence-corrected chi connectivity index (χ4v) is 5.83. The highest BCUT2D eigenvalue weighted by Crippen LogP contribution is 2.29. The molecule has 1 aliphatic heterocycles. The van der Waals surface area contributed by atoms with Gasteiger partial charge in [0.2, 0.25) is 21.1 Å². The number of carbonyl (C=O) groups excluding carboxylic acids is 1. The number of sulfonamides is 1. The maximum Gasteiger partial charge on any atom is 0.243 e. The predicted octanol–water partition coefficient (Wildman–Crippen LogP) is 2.50. The van der Waals surface area contributed by atoms with Crippen molar-refractivity contribution in [2.75, 3.05) is 18.4 Å². The number of aromatic nitrogens is 2. The summed E-state index contributed by atoms with van der Waals surface area (Å²) in [5.41, 5.74) is 4.13. The number of carbonyl (C=O) groups is 1. The minimum absolute atomic E-state index is 0.124. The molecule has 1 fully saturated rings. The van der Waals surface area contributed by atoms with Crippen molar-refractivity contribution in [3.63, 3.8) is 0 Å². The predicted molar refractivity (Wildman–Crippen MR) is 101 cm³/mol. The quantitative estimate of drug-likeness (QED) is 0.860. The number of rotatable bonds is 4. The summed E-state index contributed by atoms with van der Waals surface area (Å²) in [6.45, 7) is 6.29. The molecule has 0 unspecified atom stereocenters. The third-order valence-electron chi connectivity index (χ3n) is 4.62. The largest absolute Gasteiger partial charge is 0.300 e. The van der Waals surface area contributed by atoms with Crippen LogP contribution in [0.25, 0.3) is 0 Å². The van der Waals surface area contributed by atoms with Crippen LogP contribution in [0.3, 0.4) is 0 Å². The smallest absolute Gasteiger partial charge is 0.243 e. The third kappa shape index (κ3) is 3.79. The second-order valence-corrected chi connectivity index (χ2v) is 9.35. The molecule has 0 aliphatic carbocycles. The van der Waals surface area contributed by atoms with Crippen molar-refractivity contribution in [1.82, 2.24) is 14.5 Å². The molecule has 0 atom stereocenters. The summed E-state index contributed by atoms with van der Waals surface area (Å²) in [5, 5.41) is 10.7. The highest BCUT2D eigenvalue weighted by molar-refractivity contribution is 7.89. The zero-order valence-corrected chi connectivity index (χ0v) is 16.7. The molecular formula is C17H22N4O3S2. The van der Waals surface area contributed by atoms with Crippen molar-refractivity contribution in [1.29, 1.82) is 0 Å². The van der Waals surface area contributed by atoms with Crippen molar-refractivity contribution in [2.24, 2.45) is 5.92 Å². The van der Waals surface area contributed by atoms with E-state index in [0.29, 0.717) is 36.0 Å². The maximum absolute atomic E-state index is 13.1. The first kappa shape index (κ1) is 18.9. The zero-order valence-electron chi connectivity index (χ0n) is 15.0. The van der Waals surface area contributed by atoms with Gasteiger partial charge in [0, 0.05) is 19.0 Å². The molecule has 2 aromatic rings. The first-order valence-corrected chi connectivity index (χ1v) is 10.8. The van der Waals surface area contributed by atoms with Crippen molar-refractivity contribution in [2.45, 2.75) is 38.5 Å². The van der Waals surface area contributed by atoms with Gasteiger partial charge < -0.3 is 5.32 Å². The van der Waals surface area contributed by atoms with Crippen molar-refractivity contribution >= 4 is 32.4 Å². The number of hydrogen-bond donors (Lipinski definition) is 1. The number of piperidine rings is 1. The van der Waals surface area contributed by atoms with E-state index in [9.17, 15) is 13.2 Å². The van der Waals surface area contributed by atoms with E-state index < -0.39 is 10.0 Å². The first-order valence-electron chi connectivity index (χ1n) is 8.44. The van der Waals surface area contributed by atoms with Gasteiger partial charge in [-0.25, -0.2) is 8.42 Å². The van der Waals surface area contributed by atoms with Crippen molar-refractivity contribution < 1.29 is 13.2 Å². The number of nitrogens with zero attached hydrogens (tertiary/aromatic N) is 3. The van der Waals surface area contributed by atoms with Gasteiger partial charge in [0.15, 0.2) is 0 Å². The molecule has 1 aliphatic rings. The molecule has 0 saturated carbocycles. The van der Waals surface area contributed by atoms with E-state index in [4.69, 9.17) is 0 Å². The lowest BCUT2D eigenvalue weighted by molar-refractivity contribution is -0.120. The summed E-state index contributed by atoms with van der Waals surface area (Å²) >= 11 is 1.26. The molecule has 26 heavy (non-hydrogen) atoms. The fraction of sp³-hybridized carbons (Fsp3) is 0.471. The second-order valence-electron chi connectivity index (χ2n) is 6.64. The standard InChI is InChI=1S/C17H22N4O3S2/c1-11-8-12(2)15(13(3)9-11)26(23,24)21-6-4-14(5-7-21)16(22)19-17-20-18-10-25-17/h8-10,14H,4-7H2,1-3H3,(H,19,20,22). The van der Waals surface area contributed by atoms with Crippen LogP contribution in [0.5, 0.6) is 0 Å². The van der Waals surface area contributed by atoms with Crippen LogP contribution in [0.15, 0.2) is 22.5 Å². The molecule has 1 aromatic heterocycles. The van der Waals surface area contributed by atoms with E-state index in [1.807, 2.05) is 32.9 Å². The molecule has 9 heteroatoms. The van der Waals surface area contributed by atoms with E-state index in [1.165, 1.54) is 15.6 Å². The van der Waals surface area contributed by atoms with Crippen LogP contribution in [0.1, 0.15) is 29.5 Å². The lowest BCUT2D eigenvalue weighted by atomic mass is 9.97. The van der Waals surface area contributed by atoms with Gasteiger partial charge in [-0.1, -0.05) is 29.0 Å². The Hall–Kier alpha value is -1.84. The topological polar surface area (TPSA) is 92.3 Å². The molecule has 0 bridgehead atoms. The Bertz CT molecular complexity index is 879. The van der Waals surface area contributed by atoms with Crippen molar-refractivity contribution in [3.8, 4) is 0 Å². The van der Waals surface area contributed by atoms with Crippen LogP contribution in [-0.2, 0) is 14.8 Å². The normalized spacial score (nSPS) is 16.6. The lowest BCUT2D eigenvalue weighted by Gasteiger charge is -2.31. The Kier molecular flexibility index (Phi) is 5.40. The van der Waals surface area contributed by atoms with E-state index in [2.05, 4.69) is 15.5 Å². The first-order chi connectivity index (χ1) is 12.3. The molecule has 1 amide bonds. The van der Waals surface area contributed by atoms with Gasteiger partial charge in [0.05, 0.1) is 4.90 Å². The Morgan fingerprint density at radius 2 is 1.81 bits per heavy atom.